The Morgan fingerprint density at radius 3 is 2.64 bits per heavy atom. The predicted molar refractivity (Wildman–Crippen MR) is 51.2 cm³/mol. The topological polar surface area (TPSA) is 82.5 Å². The second-order valence-electron chi connectivity index (χ2n) is 3.03. The number of nitrogens with zero attached hydrogens (tertiary/aromatic N) is 5. The number of nitrogen functional groups attached to an aromatic ring is 1. The third-order valence-electron chi connectivity index (χ3n) is 1.74. The third kappa shape index (κ3) is 1.54. The average molecular weight is 190 g/mol. The van der Waals surface area contributed by atoms with Gasteiger partial charge in [0.05, 0.1) is 11.9 Å². The first-order valence-corrected chi connectivity index (χ1v) is 4.13. The molecule has 2 aromatic heterocycles. The van der Waals surface area contributed by atoms with Crippen LogP contribution in [0.4, 0.5) is 5.95 Å². The Morgan fingerprint density at radius 2 is 2.07 bits per heavy atom. The summed E-state index contributed by atoms with van der Waals surface area (Å²) in [5.41, 5.74) is 7.74. The van der Waals surface area contributed by atoms with E-state index < -0.39 is 0 Å². The number of nitrogens with two attached hydrogens (primary N) is 1. The van der Waals surface area contributed by atoms with Gasteiger partial charge in [-0.1, -0.05) is 5.21 Å². The van der Waals surface area contributed by atoms with Crippen LogP contribution in [0, 0.1) is 6.92 Å². The number of rotatable bonds is 1. The van der Waals surface area contributed by atoms with E-state index in [-0.39, 0.29) is 5.95 Å². The van der Waals surface area contributed by atoms with E-state index in [1.165, 1.54) is 0 Å². The summed E-state index contributed by atoms with van der Waals surface area (Å²) in [6.07, 6.45) is 1.78. The Labute approximate surface area is 80.8 Å². The van der Waals surface area contributed by atoms with Crippen molar-refractivity contribution in [2.45, 2.75) is 6.92 Å². The first kappa shape index (κ1) is 8.61. The van der Waals surface area contributed by atoms with Gasteiger partial charge in [0.15, 0.2) is 0 Å². The number of aryl methyl sites for hydroxylation is 2. The lowest BCUT2D eigenvalue weighted by Crippen LogP contribution is -1.98. The summed E-state index contributed by atoms with van der Waals surface area (Å²) in [4.78, 5) is 8.05. The van der Waals surface area contributed by atoms with Crippen LogP contribution in [0.25, 0.3) is 11.4 Å². The maximum Gasteiger partial charge on any atom is 0.220 e. The molecule has 0 unspecified atom stereocenters. The highest BCUT2D eigenvalue weighted by Crippen LogP contribution is 2.14. The van der Waals surface area contributed by atoms with Crippen LogP contribution >= 0.6 is 0 Å². The molecule has 2 rings (SSSR count). The van der Waals surface area contributed by atoms with Gasteiger partial charge in [0.1, 0.15) is 5.69 Å². The van der Waals surface area contributed by atoms with Gasteiger partial charge in [-0.05, 0) is 13.0 Å². The molecule has 0 saturated heterocycles. The Kier molecular flexibility index (Phi) is 1.88. The summed E-state index contributed by atoms with van der Waals surface area (Å²) in [7, 11) is 1.80. The number of hydrogen-bond donors (Lipinski definition) is 1. The van der Waals surface area contributed by atoms with E-state index in [4.69, 9.17) is 5.73 Å². The predicted octanol–water partition coefficient (Wildman–Crippen LogP) is 0.163. The summed E-state index contributed by atoms with van der Waals surface area (Å²) >= 11 is 0. The summed E-state index contributed by atoms with van der Waals surface area (Å²) < 4.78 is 1.61. The Balaban J connectivity index is 2.51. The van der Waals surface area contributed by atoms with E-state index >= 15 is 0 Å². The van der Waals surface area contributed by atoms with Crippen molar-refractivity contribution in [1.29, 1.82) is 0 Å². The van der Waals surface area contributed by atoms with Gasteiger partial charge >= 0.3 is 0 Å². The molecule has 14 heavy (non-hydrogen) atoms. The molecule has 0 fully saturated rings. The molecule has 0 aliphatic carbocycles. The third-order valence-corrected chi connectivity index (χ3v) is 1.74. The molecule has 0 atom stereocenters. The van der Waals surface area contributed by atoms with Gasteiger partial charge in [0.2, 0.25) is 5.95 Å². The first-order valence-electron chi connectivity index (χ1n) is 4.13. The standard InChI is InChI=1S/C8H10N6/c1-5-3-6(11-8(9)10-5)7-4-14(2)13-12-7/h3-4H,1-2H3,(H2,9,10,11). The van der Waals surface area contributed by atoms with Crippen LogP contribution in [0.15, 0.2) is 12.3 Å². The number of aromatic nitrogens is 5. The summed E-state index contributed by atoms with van der Waals surface area (Å²) in [6, 6.07) is 1.82. The fourth-order valence-corrected chi connectivity index (χ4v) is 1.19. The van der Waals surface area contributed by atoms with Crippen LogP contribution in [0.5, 0.6) is 0 Å². The van der Waals surface area contributed by atoms with Crippen LogP contribution < -0.4 is 5.73 Å². The van der Waals surface area contributed by atoms with E-state index in [1.54, 1.807) is 17.9 Å². The van der Waals surface area contributed by atoms with E-state index in [2.05, 4.69) is 20.3 Å². The van der Waals surface area contributed by atoms with Crippen molar-refractivity contribution in [2.75, 3.05) is 5.73 Å². The zero-order chi connectivity index (χ0) is 10.1. The summed E-state index contributed by atoms with van der Waals surface area (Å²) in [6.45, 7) is 1.86. The Hall–Kier alpha value is -1.98. The fourth-order valence-electron chi connectivity index (χ4n) is 1.19. The highest BCUT2D eigenvalue weighted by atomic mass is 15.4. The molecule has 0 bridgehead atoms. The largest absolute Gasteiger partial charge is 0.368 e. The molecule has 0 aliphatic rings. The van der Waals surface area contributed by atoms with Gasteiger partial charge in [-0.3, -0.25) is 4.68 Å². The van der Waals surface area contributed by atoms with Crippen LogP contribution in [-0.4, -0.2) is 25.0 Å². The first-order chi connectivity index (χ1) is 6.65. The molecule has 0 spiro atoms. The molecule has 0 radical (unpaired) electrons. The molecule has 0 aromatic carbocycles. The maximum atomic E-state index is 5.53. The molecule has 6 heteroatoms. The van der Waals surface area contributed by atoms with Crippen molar-refractivity contribution in [2.24, 2.45) is 7.05 Å². The van der Waals surface area contributed by atoms with Crippen molar-refractivity contribution in [3.8, 4) is 11.4 Å². The normalized spacial score (nSPS) is 10.4. The van der Waals surface area contributed by atoms with Gasteiger partial charge in [-0.25, -0.2) is 9.97 Å². The number of hydrogen-bond acceptors (Lipinski definition) is 5. The smallest absolute Gasteiger partial charge is 0.220 e. The van der Waals surface area contributed by atoms with Crippen molar-refractivity contribution < 1.29 is 0 Å². The Bertz CT molecular complexity index is 440. The quantitative estimate of drug-likeness (QED) is 0.692. The van der Waals surface area contributed by atoms with E-state index in [0.717, 1.165) is 5.69 Å². The molecule has 0 amide bonds. The van der Waals surface area contributed by atoms with Crippen LogP contribution in [0.3, 0.4) is 0 Å². The molecule has 6 nitrogen and oxygen atoms in total. The minimum Gasteiger partial charge on any atom is -0.368 e. The van der Waals surface area contributed by atoms with E-state index in [0.29, 0.717) is 11.4 Å². The van der Waals surface area contributed by atoms with Crippen LogP contribution in [-0.2, 0) is 7.05 Å². The van der Waals surface area contributed by atoms with Crippen molar-refractivity contribution >= 4 is 5.95 Å². The lowest BCUT2D eigenvalue weighted by atomic mass is 10.3. The van der Waals surface area contributed by atoms with Crippen LogP contribution in [0.1, 0.15) is 5.69 Å². The second-order valence-corrected chi connectivity index (χ2v) is 3.03. The molecule has 2 heterocycles. The SMILES string of the molecule is Cc1cc(-c2cn(C)nn2)nc(N)n1. The van der Waals surface area contributed by atoms with Crippen molar-refractivity contribution in [3.05, 3.63) is 18.0 Å². The lowest BCUT2D eigenvalue weighted by Gasteiger charge is -1.98. The summed E-state index contributed by atoms with van der Waals surface area (Å²) in [5.74, 6) is 0.255. The molecule has 72 valence electrons. The maximum absolute atomic E-state index is 5.53. The van der Waals surface area contributed by atoms with Gasteiger partial charge in [-0.15, -0.1) is 5.10 Å². The van der Waals surface area contributed by atoms with E-state index in [9.17, 15) is 0 Å². The molecule has 0 saturated carbocycles. The minimum absolute atomic E-state index is 0.255. The van der Waals surface area contributed by atoms with Gasteiger partial charge < -0.3 is 5.73 Å². The lowest BCUT2D eigenvalue weighted by molar-refractivity contribution is 0.715. The molecule has 0 aliphatic heterocycles. The molecule has 2 aromatic rings. The van der Waals surface area contributed by atoms with Crippen LogP contribution in [0.2, 0.25) is 0 Å². The molecular formula is C8H10N6. The zero-order valence-corrected chi connectivity index (χ0v) is 7.97. The van der Waals surface area contributed by atoms with Crippen molar-refractivity contribution in [1.82, 2.24) is 25.0 Å². The van der Waals surface area contributed by atoms with Gasteiger partial charge in [-0.2, -0.15) is 0 Å². The Morgan fingerprint density at radius 1 is 1.29 bits per heavy atom. The fraction of sp³-hybridized carbons (Fsp3) is 0.250. The van der Waals surface area contributed by atoms with Gasteiger partial charge in [0.25, 0.3) is 0 Å². The molecular weight excluding hydrogens is 180 g/mol. The highest BCUT2D eigenvalue weighted by Gasteiger charge is 2.05. The zero-order valence-electron chi connectivity index (χ0n) is 7.97. The minimum atomic E-state index is 0.255. The molecule has 2 N–H and O–H groups in total. The monoisotopic (exact) mass is 190 g/mol. The van der Waals surface area contributed by atoms with Gasteiger partial charge in [0, 0.05) is 12.7 Å². The second kappa shape index (κ2) is 3.06. The highest BCUT2D eigenvalue weighted by molar-refractivity contribution is 5.54. The number of anilines is 1. The van der Waals surface area contributed by atoms with Crippen molar-refractivity contribution in [3.63, 3.8) is 0 Å². The summed E-state index contributed by atoms with van der Waals surface area (Å²) in [5, 5.41) is 7.75. The average Bonchev–Trinajstić information content (AvgIpc) is 2.50. The van der Waals surface area contributed by atoms with E-state index in [1.807, 2.05) is 13.0 Å².